The first-order chi connectivity index (χ1) is 11.1. The van der Waals surface area contributed by atoms with Gasteiger partial charge in [0, 0.05) is 0 Å². The third-order valence-corrected chi connectivity index (χ3v) is 2.79. The summed E-state index contributed by atoms with van der Waals surface area (Å²) in [6.07, 6.45) is 4.78. The molecular formula is C16H48N4O4Ti. The van der Waals surface area contributed by atoms with Crippen LogP contribution in [0.5, 0.6) is 0 Å². The fraction of sp³-hybridized carbons (Fsp3) is 1.00. The quantitative estimate of drug-likeness (QED) is 0.339. The molecular weight excluding hydrogens is 360 g/mol. The summed E-state index contributed by atoms with van der Waals surface area (Å²) in [6, 6.07) is 2.54. The van der Waals surface area contributed by atoms with Crippen LogP contribution in [0, 0.1) is 0 Å². The molecule has 0 aliphatic carbocycles. The van der Waals surface area contributed by atoms with E-state index < -0.39 is 18.1 Å². The first-order valence-electron chi connectivity index (χ1n) is 9.22. The summed E-state index contributed by atoms with van der Waals surface area (Å²) in [5.41, 5.74) is 15.0. The van der Waals surface area contributed by atoms with Crippen LogP contribution < -0.4 is 37.7 Å². The van der Waals surface area contributed by atoms with E-state index in [0.29, 0.717) is 24.2 Å². The summed E-state index contributed by atoms with van der Waals surface area (Å²) in [5, 5.41) is 0. The maximum absolute atomic E-state index is 8.62. The van der Waals surface area contributed by atoms with E-state index in [0.717, 1.165) is 0 Å². The van der Waals surface area contributed by atoms with E-state index in [1.54, 1.807) is 0 Å². The van der Waals surface area contributed by atoms with E-state index in [4.69, 9.17) is 14.8 Å². The predicted octanol–water partition coefficient (Wildman–Crippen LogP) is -4.65. The Balaban J connectivity index is -0.0000000667. The van der Waals surface area contributed by atoms with Crippen molar-refractivity contribution in [2.24, 2.45) is 0 Å². The molecule has 12 N–H and O–H groups in total. The number of hydrogen-bond acceptors (Lipinski definition) is 4. The van der Waals surface area contributed by atoms with Gasteiger partial charge in [-0.05, 0) is 53.4 Å². The van der Waals surface area contributed by atoms with Crippen molar-refractivity contribution in [3.8, 4) is 0 Å². The summed E-state index contributed by atoms with van der Waals surface area (Å²) in [7, 11) is 0. The molecule has 0 saturated heterocycles. The SMILES string of the molecule is CCC(C)[NH3+].CCC(C)[NH3+].CCC(C)[NH3+].CCC(C)[NH3+].[O-][Ti]([O-])([O-])[O-]. The van der Waals surface area contributed by atoms with E-state index in [2.05, 4.69) is 78.3 Å². The second kappa shape index (κ2) is 26.6. The van der Waals surface area contributed by atoms with Crippen molar-refractivity contribution in [2.75, 3.05) is 0 Å². The zero-order valence-corrected chi connectivity index (χ0v) is 19.7. The summed E-state index contributed by atoms with van der Waals surface area (Å²) in [6.45, 7) is 17.0. The minimum atomic E-state index is -6.00. The second-order valence-corrected chi connectivity index (χ2v) is 8.12. The van der Waals surface area contributed by atoms with Gasteiger partial charge in [0.15, 0.2) is 0 Å². The van der Waals surface area contributed by atoms with Gasteiger partial charge in [-0.25, -0.2) is 0 Å². The molecule has 0 radical (unpaired) electrons. The van der Waals surface area contributed by atoms with Crippen LogP contribution in [0.25, 0.3) is 0 Å². The van der Waals surface area contributed by atoms with Gasteiger partial charge in [0.25, 0.3) is 0 Å². The molecule has 0 rings (SSSR count). The molecule has 25 heavy (non-hydrogen) atoms. The summed E-state index contributed by atoms with van der Waals surface area (Å²) in [5.74, 6) is 0. The average Bonchev–Trinajstić information content (AvgIpc) is 2.47. The molecule has 8 nitrogen and oxygen atoms in total. The molecule has 0 aromatic carbocycles. The van der Waals surface area contributed by atoms with Crippen molar-refractivity contribution >= 4 is 0 Å². The van der Waals surface area contributed by atoms with Crippen LogP contribution in [0.1, 0.15) is 81.1 Å². The van der Waals surface area contributed by atoms with E-state index in [-0.39, 0.29) is 0 Å². The Morgan fingerprint density at radius 2 is 0.560 bits per heavy atom. The molecule has 9 heteroatoms. The Labute approximate surface area is 161 Å². The zero-order chi connectivity index (χ0) is 21.6. The van der Waals surface area contributed by atoms with Crippen molar-refractivity contribution in [1.29, 1.82) is 0 Å². The molecule has 160 valence electrons. The Morgan fingerprint density at radius 3 is 0.560 bits per heavy atom. The third-order valence-electron chi connectivity index (χ3n) is 2.79. The summed E-state index contributed by atoms with van der Waals surface area (Å²) < 4.78 is 34.5. The molecule has 0 aliphatic heterocycles. The van der Waals surface area contributed by atoms with Crippen LogP contribution in [0.4, 0.5) is 0 Å². The predicted molar refractivity (Wildman–Crippen MR) is 90.6 cm³/mol. The molecule has 0 spiro atoms. The molecule has 0 aliphatic rings. The van der Waals surface area contributed by atoms with Gasteiger partial charge in [-0.15, -0.1) is 0 Å². The molecule has 0 aromatic rings. The minimum absolute atomic E-state index is 0.634. The van der Waals surface area contributed by atoms with Gasteiger partial charge >= 0.3 is 32.9 Å². The van der Waals surface area contributed by atoms with Crippen molar-refractivity contribution in [2.45, 2.75) is 105 Å². The van der Waals surface area contributed by atoms with Crippen LogP contribution in [-0.2, 0) is 18.1 Å². The van der Waals surface area contributed by atoms with E-state index in [1.165, 1.54) is 25.7 Å². The van der Waals surface area contributed by atoms with Gasteiger partial charge in [-0.3, -0.25) is 0 Å². The van der Waals surface area contributed by atoms with E-state index >= 15 is 0 Å². The Kier molecular flexibility index (Phi) is 38.7. The van der Waals surface area contributed by atoms with E-state index in [1.807, 2.05) is 0 Å². The number of quaternary nitrogens is 4. The number of hydrogen-bond donors (Lipinski definition) is 4. The standard InChI is InChI=1S/4C4H11N.4O.Ti/c4*1-3-4(2)5;;;;;/h4*4H,3,5H2,1-2H3;;;;;/q;;;;4*-1;/p+4. The van der Waals surface area contributed by atoms with Crippen LogP contribution >= 0.6 is 0 Å². The molecule has 0 bridgehead atoms. The third kappa shape index (κ3) is 174. The Hall–Kier alpha value is 0.394. The topological polar surface area (TPSA) is 203 Å². The maximum atomic E-state index is 8.62. The summed E-state index contributed by atoms with van der Waals surface area (Å²) in [4.78, 5) is 0. The fourth-order valence-corrected chi connectivity index (χ4v) is 0. The van der Waals surface area contributed by atoms with Gasteiger partial charge in [0.2, 0.25) is 0 Å². The number of rotatable bonds is 4. The normalized spacial score (nSPS) is 14.4. The Morgan fingerprint density at radius 1 is 0.520 bits per heavy atom. The van der Waals surface area contributed by atoms with Gasteiger partial charge in [0.05, 0.1) is 24.2 Å². The second-order valence-electron chi connectivity index (χ2n) is 6.55. The van der Waals surface area contributed by atoms with Crippen molar-refractivity contribution in [3.63, 3.8) is 0 Å². The monoisotopic (exact) mass is 408 g/mol. The van der Waals surface area contributed by atoms with Crippen molar-refractivity contribution in [1.82, 2.24) is 0 Å². The van der Waals surface area contributed by atoms with E-state index in [9.17, 15) is 0 Å². The van der Waals surface area contributed by atoms with Gasteiger partial charge in [-0.1, -0.05) is 27.7 Å². The van der Waals surface area contributed by atoms with Crippen LogP contribution in [-0.4, -0.2) is 24.2 Å². The summed E-state index contributed by atoms with van der Waals surface area (Å²) >= 11 is -6.00. The average molecular weight is 408 g/mol. The molecule has 4 unspecified atom stereocenters. The van der Waals surface area contributed by atoms with Gasteiger partial charge in [0.1, 0.15) is 0 Å². The van der Waals surface area contributed by atoms with Crippen LogP contribution in [0.2, 0.25) is 0 Å². The fourth-order valence-electron chi connectivity index (χ4n) is 0. The van der Waals surface area contributed by atoms with Crippen molar-refractivity contribution < 1.29 is 55.8 Å². The molecule has 0 fully saturated rings. The van der Waals surface area contributed by atoms with Crippen LogP contribution in [0.3, 0.4) is 0 Å². The molecule has 0 saturated carbocycles. The zero-order valence-electron chi connectivity index (χ0n) is 18.1. The van der Waals surface area contributed by atoms with Crippen LogP contribution in [0.15, 0.2) is 0 Å². The molecule has 0 heterocycles. The molecule has 0 aromatic heterocycles. The molecule has 0 amide bonds. The first-order valence-corrected chi connectivity index (χ1v) is 11.8. The van der Waals surface area contributed by atoms with Crippen molar-refractivity contribution in [3.05, 3.63) is 0 Å². The molecule has 4 atom stereocenters. The van der Waals surface area contributed by atoms with Gasteiger partial charge < -0.3 is 22.9 Å². The first kappa shape index (κ1) is 36.3. The van der Waals surface area contributed by atoms with Gasteiger partial charge in [-0.2, -0.15) is 0 Å². The Bertz CT molecular complexity index is 177.